The number of rotatable bonds is 5. The molecule has 0 bridgehead atoms. The average molecular weight is 429 g/mol. The number of nitrogens with two attached hydrogens (primary N) is 1. The quantitative estimate of drug-likeness (QED) is 0.432. The van der Waals surface area contributed by atoms with Crippen LogP contribution >= 0.6 is 15.9 Å². The van der Waals surface area contributed by atoms with E-state index in [1.54, 1.807) is 12.1 Å². The molecule has 7 nitrogen and oxygen atoms in total. The fourth-order valence-corrected chi connectivity index (χ4v) is 2.75. The van der Waals surface area contributed by atoms with E-state index in [0.29, 0.717) is 5.56 Å². The van der Waals surface area contributed by atoms with Crippen molar-refractivity contribution in [1.29, 1.82) is 0 Å². The second-order valence-electron chi connectivity index (χ2n) is 4.86. The summed E-state index contributed by atoms with van der Waals surface area (Å²) in [6.45, 7) is 1.83. The second-order valence-corrected chi connectivity index (χ2v) is 7.24. The highest BCUT2D eigenvalue weighted by molar-refractivity contribution is 9.10. The Hall–Kier alpha value is -2.46. The fourth-order valence-electron chi connectivity index (χ4n) is 1.62. The summed E-state index contributed by atoms with van der Waals surface area (Å²) in [7, 11) is -4.07. The maximum Gasteiger partial charge on any atom is 0.358 e. The first-order chi connectivity index (χ1) is 11.8. The van der Waals surface area contributed by atoms with E-state index < -0.39 is 15.9 Å². The van der Waals surface area contributed by atoms with Crippen molar-refractivity contribution >= 4 is 38.2 Å². The minimum atomic E-state index is -4.07. The highest BCUT2D eigenvalue weighted by Crippen LogP contribution is 2.15. The third-order valence-electron chi connectivity index (χ3n) is 2.88. The van der Waals surface area contributed by atoms with Crippen molar-refractivity contribution in [3.8, 4) is 0 Å². The highest BCUT2D eigenvalue weighted by Gasteiger charge is 2.15. The van der Waals surface area contributed by atoms with Crippen molar-refractivity contribution in [3.05, 3.63) is 63.9 Å². The minimum Gasteiger partial charge on any atom is -0.366 e. The van der Waals surface area contributed by atoms with E-state index >= 15 is 0 Å². The molecule has 132 valence electrons. The molecular formula is C15H14BrFN4O3S. The Morgan fingerprint density at radius 3 is 2.60 bits per heavy atom. The van der Waals surface area contributed by atoms with Crippen LogP contribution in [-0.4, -0.2) is 20.6 Å². The minimum absolute atomic E-state index is 0.0469. The average Bonchev–Trinajstić information content (AvgIpc) is 2.57. The smallest absolute Gasteiger partial charge is 0.358 e. The van der Waals surface area contributed by atoms with Crippen molar-refractivity contribution in [2.75, 3.05) is 0 Å². The number of oxime groups is 1. The molecule has 0 fully saturated rings. The Labute approximate surface area is 152 Å². The van der Waals surface area contributed by atoms with Crippen LogP contribution in [0.1, 0.15) is 11.1 Å². The third kappa shape index (κ3) is 5.54. The lowest BCUT2D eigenvalue weighted by atomic mass is 10.2. The number of hydrogen-bond acceptors (Lipinski definition) is 5. The zero-order valence-electron chi connectivity index (χ0n) is 13.0. The number of halogens is 2. The normalized spacial score (nSPS) is 12.4. The first-order valence-electron chi connectivity index (χ1n) is 6.86. The number of guanidine groups is 1. The lowest BCUT2D eigenvalue weighted by molar-refractivity contribution is 0.336. The Morgan fingerprint density at radius 2 is 1.96 bits per heavy atom. The Balaban J connectivity index is 1.98. The van der Waals surface area contributed by atoms with Gasteiger partial charge in [0.05, 0.1) is 10.7 Å². The van der Waals surface area contributed by atoms with E-state index in [1.165, 1.54) is 36.5 Å². The number of benzene rings is 2. The molecule has 0 saturated carbocycles. The van der Waals surface area contributed by atoms with Crippen molar-refractivity contribution in [1.82, 2.24) is 5.43 Å². The summed E-state index contributed by atoms with van der Waals surface area (Å²) in [4.78, 5) is -0.0469. The van der Waals surface area contributed by atoms with Gasteiger partial charge < -0.3 is 5.73 Å². The predicted octanol–water partition coefficient (Wildman–Crippen LogP) is 2.46. The number of nitrogens with one attached hydrogen (secondary N) is 1. The summed E-state index contributed by atoms with van der Waals surface area (Å²) in [6, 6.07) is 10.3. The van der Waals surface area contributed by atoms with E-state index in [-0.39, 0.29) is 15.3 Å². The molecule has 0 saturated heterocycles. The Bertz CT molecular complexity index is 915. The van der Waals surface area contributed by atoms with E-state index in [2.05, 4.69) is 35.9 Å². The topological polar surface area (TPSA) is 106 Å². The summed E-state index contributed by atoms with van der Waals surface area (Å²) in [5, 5.41) is 7.02. The monoisotopic (exact) mass is 428 g/mol. The van der Waals surface area contributed by atoms with Crippen LogP contribution in [0.2, 0.25) is 0 Å². The summed E-state index contributed by atoms with van der Waals surface area (Å²) >= 11 is 3.05. The van der Waals surface area contributed by atoms with Gasteiger partial charge in [0.25, 0.3) is 5.96 Å². The lowest BCUT2D eigenvalue weighted by Crippen LogP contribution is -2.28. The van der Waals surface area contributed by atoms with Crippen molar-refractivity contribution in [2.24, 2.45) is 16.0 Å². The second kappa shape index (κ2) is 8.08. The van der Waals surface area contributed by atoms with Gasteiger partial charge in [-0.1, -0.05) is 23.8 Å². The van der Waals surface area contributed by atoms with Gasteiger partial charge >= 0.3 is 10.1 Å². The van der Waals surface area contributed by atoms with E-state index in [0.717, 1.165) is 5.56 Å². The van der Waals surface area contributed by atoms with Crippen LogP contribution in [0.5, 0.6) is 0 Å². The maximum atomic E-state index is 13.1. The molecule has 0 aromatic heterocycles. The molecule has 0 radical (unpaired) electrons. The van der Waals surface area contributed by atoms with Gasteiger partial charge in [0.1, 0.15) is 10.7 Å². The fraction of sp³-hybridized carbons (Fsp3) is 0.0667. The van der Waals surface area contributed by atoms with Crippen LogP contribution < -0.4 is 11.2 Å². The van der Waals surface area contributed by atoms with Gasteiger partial charge in [-0.05, 0) is 57.8 Å². The third-order valence-corrected chi connectivity index (χ3v) is 4.61. The molecule has 25 heavy (non-hydrogen) atoms. The number of nitrogens with zero attached hydrogens (tertiary/aromatic N) is 2. The summed E-state index contributed by atoms with van der Waals surface area (Å²) in [5.41, 5.74) is 9.26. The maximum absolute atomic E-state index is 13.1. The van der Waals surface area contributed by atoms with Gasteiger partial charge in [0.15, 0.2) is 0 Å². The van der Waals surface area contributed by atoms with Crippen LogP contribution in [0, 0.1) is 12.7 Å². The number of hydrazone groups is 1. The molecule has 0 atom stereocenters. The van der Waals surface area contributed by atoms with Crippen LogP contribution in [-0.2, 0) is 14.4 Å². The van der Waals surface area contributed by atoms with Crippen molar-refractivity contribution in [3.63, 3.8) is 0 Å². The van der Waals surface area contributed by atoms with Gasteiger partial charge in [0.2, 0.25) is 0 Å². The first kappa shape index (κ1) is 18.9. The molecule has 10 heteroatoms. The molecule has 0 unspecified atom stereocenters. The first-order valence-corrected chi connectivity index (χ1v) is 9.06. The van der Waals surface area contributed by atoms with Gasteiger partial charge in [0, 0.05) is 0 Å². The molecule has 0 amide bonds. The molecular weight excluding hydrogens is 415 g/mol. The van der Waals surface area contributed by atoms with E-state index in [4.69, 9.17) is 5.73 Å². The lowest BCUT2D eigenvalue weighted by Gasteiger charge is -2.03. The Kier molecular flexibility index (Phi) is 6.10. The Morgan fingerprint density at radius 1 is 1.28 bits per heavy atom. The molecule has 0 spiro atoms. The number of aryl methyl sites for hydroxylation is 1. The molecule has 0 aliphatic rings. The number of hydrogen-bond donors (Lipinski definition) is 2. The van der Waals surface area contributed by atoms with Crippen LogP contribution in [0.4, 0.5) is 4.39 Å². The predicted molar refractivity (Wildman–Crippen MR) is 95.9 cm³/mol. The summed E-state index contributed by atoms with van der Waals surface area (Å²) < 4.78 is 41.7. The molecule has 2 aromatic rings. The molecule has 0 aliphatic heterocycles. The zero-order chi connectivity index (χ0) is 18.4. The summed E-state index contributed by atoms with van der Waals surface area (Å²) in [6.07, 6.45) is 1.35. The van der Waals surface area contributed by atoms with Gasteiger partial charge in [-0.2, -0.15) is 13.5 Å². The molecule has 3 N–H and O–H groups in total. The van der Waals surface area contributed by atoms with Crippen molar-refractivity contribution < 1.29 is 17.1 Å². The largest absolute Gasteiger partial charge is 0.366 e. The zero-order valence-corrected chi connectivity index (χ0v) is 15.4. The van der Waals surface area contributed by atoms with E-state index in [9.17, 15) is 12.8 Å². The SMILES string of the molecule is Cc1ccc(S(=O)(=O)ON=C(N)NN=Cc2ccc(F)c(Br)c2)cc1. The standard InChI is InChI=1S/C15H14BrFN4O3S/c1-10-2-5-12(6-3-10)25(22,23)24-21-15(18)20-19-9-11-4-7-14(17)13(16)8-11/h2-9H,1H3,(H3,18,20,21). The molecule has 2 aromatic carbocycles. The van der Waals surface area contributed by atoms with Crippen LogP contribution in [0.3, 0.4) is 0 Å². The molecule has 0 heterocycles. The van der Waals surface area contributed by atoms with Gasteiger partial charge in [-0.3, -0.25) is 4.28 Å². The van der Waals surface area contributed by atoms with Crippen LogP contribution in [0.25, 0.3) is 0 Å². The molecule has 0 aliphatic carbocycles. The summed E-state index contributed by atoms with van der Waals surface area (Å²) in [5.74, 6) is -0.769. The molecule has 2 rings (SSSR count). The van der Waals surface area contributed by atoms with Crippen LogP contribution in [0.15, 0.2) is 62.1 Å². The van der Waals surface area contributed by atoms with Gasteiger partial charge in [-0.15, -0.1) is 0 Å². The highest BCUT2D eigenvalue weighted by atomic mass is 79.9. The van der Waals surface area contributed by atoms with E-state index in [1.807, 2.05) is 6.92 Å². The van der Waals surface area contributed by atoms with Crippen molar-refractivity contribution in [2.45, 2.75) is 11.8 Å². The van der Waals surface area contributed by atoms with Gasteiger partial charge in [-0.25, -0.2) is 9.82 Å².